The molecule has 1 aliphatic rings. The lowest BCUT2D eigenvalue weighted by atomic mass is 10.0. The lowest BCUT2D eigenvalue weighted by molar-refractivity contribution is -0.134. The normalized spacial score (nSPS) is 21.8. The zero-order valence-corrected chi connectivity index (χ0v) is 19.5. The van der Waals surface area contributed by atoms with Gasteiger partial charge < -0.3 is 9.29 Å². The molecule has 0 spiro atoms. The molecule has 162 valence electrons. The van der Waals surface area contributed by atoms with Crippen molar-refractivity contribution in [3.8, 4) is 11.5 Å². The molecule has 2 atom stereocenters. The van der Waals surface area contributed by atoms with Gasteiger partial charge in [-0.2, -0.15) is 4.31 Å². The molecule has 2 aromatic carbocycles. The Bertz CT molecular complexity index is 1010. The monoisotopic (exact) mass is 516 g/mol. The summed E-state index contributed by atoms with van der Waals surface area (Å²) in [5, 5.41) is 9.11. The Morgan fingerprint density at radius 3 is 2.27 bits per heavy atom. The van der Waals surface area contributed by atoms with Gasteiger partial charge in [0.2, 0.25) is 10.0 Å². The zero-order valence-electron chi connectivity index (χ0n) is 16.2. The van der Waals surface area contributed by atoms with Crippen molar-refractivity contribution in [1.29, 1.82) is 0 Å². The third-order valence-corrected chi connectivity index (χ3v) is 9.23. The molecule has 3 rings (SSSR count). The molecule has 1 fully saturated rings. The Balaban J connectivity index is 1.88. The van der Waals surface area contributed by atoms with Gasteiger partial charge in [-0.05, 0) is 73.6 Å². The first kappa shape index (κ1) is 23.0. The fourth-order valence-corrected chi connectivity index (χ4v) is 6.79. The van der Waals surface area contributed by atoms with Gasteiger partial charge in [0.25, 0.3) is 5.91 Å². The van der Waals surface area contributed by atoms with Gasteiger partial charge in [0.15, 0.2) is 6.04 Å². The number of hydroxylamine groups is 1. The van der Waals surface area contributed by atoms with Crippen LogP contribution in [0.25, 0.3) is 0 Å². The molecule has 1 heterocycles. The molecule has 8 nitrogen and oxygen atoms in total. The van der Waals surface area contributed by atoms with Crippen LogP contribution in [-0.2, 0) is 26.0 Å². The predicted molar refractivity (Wildman–Crippen MR) is 115 cm³/mol. The van der Waals surface area contributed by atoms with E-state index in [0.717, 1.165) is 8.78 Å². The highest BCUT2D eigenvalue weighted by Gasteiger charge is 2.55. The first-order valence-corrected chi connectivity index (χ1v) is 12.5. The second kappa shape index (κ2) is 8.85. The average molecular weight is 517 g/mol. The van der Waals surface area contributed by atoms with E-state index in [1.165, 1.54) is 29.7 Å². The molecule has 0 aromatic heterocycles. The lowest BCUT2D eigenvalue weighted by Crippen LogP contribution is -2.66. The van der Waals surface area contributed by atoms with Crippen molar-refractivity contribution in [2.75, 3.05) is 12.3 Å². The van der Waals surface area contributed by atoms with Crippen molar-refractivity contribution in [3.05, 3.63) is 53.0 Å². The molecule has 11 heteroatoms. The molecule has 1 unspecified atom stereocenters. The summed E-state index contributed by atoms with van der Waals surface area (Å²) in [4.78, 5) is 12.2. The number of hydrogen-bond donors (Lipinski definition) is 2. The quantitative estimate of drug-likeness (QED) is 0.358. The Kier molecular flexibility index (Phi) is 6.80. The van der Waals surface area contributed by atoms with E-state index >= 15 is 0 Å². The van der Waals surface area contributed by atoms with Crippen LogP contribution in [0.3, 0.4) is 0 Å². The van der Waals surface area contributed by atoms with Gasteiger partial charge >= 0.3 is 0 Å². The number of sulfonamides is 1. The predicted octanol–water partition coefficient (Wildman–Crippen LogP) is 2.65. The minimum Gasteiger partial charge on any atom is -0.616 e. The second-order valence-electron chi connectivity index (χ2n) is 7.17. The fourth-order valence-electron chi connectivity index (χ4n) is 3.26. The maximum Gasteiger partial charge on any atom is 0.267 e. The number of nitrogens with zero attached hydrogens (tertiary/aromatic N) is 1. The minimum atomic E-state index is -4.09. The molecular weight excluding hydrogens is 496 g/mol. The highest BCUT2D eigenvalue weighted by molar-refractivity contribution is 9.10. The summed E-state index contributed by atoms with van der Waals surface area (Å²) < 4.78 is 45.3. The van der Waals surface area contributed by atoms with E-state index in [4.69, 9.17) is 9.94 Å². The van der Waals surface area contributed by atoms with Crippen molar-refractivity contribution in [3.63, 3.8) is 0 Å². The standard InChI is InChI=1S/C19H21BrN2O6S2/c1-19(2)17(18(23)21-24)22(11-12-29(19)25)30(26,27)16-9-7-15(8-10-16)28-14-5-3-13(20)4-6-14/h3-10,17,24H,11-12H2,1-2H3,(H,21,23)/t17-,29?/m0/s1. The number of carbonyl (C=O) groups is 1. The number of carbonyl (C=O) groups excluding carboxylic acids is 1. The maximum absolute atomic E-state index is 13.2. The molecule has 30 heavy (non-hydrogen) atoms. The summed E-state index contributed by atoms with van der Waals surface area (Å²) in [5.74, 6) is 0.202. The van der Waals surface area contributed by atoms with E-state index in [1.54, 1.807) is 26.0 Å². The van der Waals surface area contributed by atoms with Crippen LogP contribution in [0.2, 0.25) is 0 Å². The highest BCUT2D eigenvalue weighted by Crippen LogP contribution is 2.35. The number of benzene rings is 2. The van der Waals surface area contributed by atoms with Gasteiger partial charge in [0, 0.05) is 4.47 Å². The average Bonchev–Trinajstić information content (AvgIpc) is 2.71. The Hall–Kier alpha value is -1.63. The number of halogens is 1. The third kappa shape index (κ3) is 4.51. The summed E-state index contributed by atoms with van der Waals surface area (Å²) in [6.07, 6.45) is 0. The van der Waals surface area contributed by atoms with Gasteiger partial charge in [-0.15, -0.1) is 0 Å². The summed E-state index contributed by atoms with van der Waals surface area (Å²) in [6.45, 7) is 2.98. The van der Waals surface area contributed by atoms with Crippen molar-refractivity contribution in [2.45, 2.75) is 29.5 Å². The van der Waals surface area contributed by atoms with Crippen LogP contribution in [0, 0.1) is 0 Å². The molecule has 0 saturated carbocycles. The van der Waals surface area contributed by atoms with Crippen molar-refractivity contribution < 1.29 is 27.7 Å². The van der Waals surface area contributed by atoms with Crippen LogP contribution in [0.15, 0.2) is 57.9 Å². The third-order valence-electron chi connectivity index (χ3n) is 4.87. The summed E-state index contributed by atoms with van der Waals surface area (Å²) in [6, 6.07) is 11.7. The second-order valence-corrected chi connectivity index (χ2v) is 12.1. The van der Waals surface area contributed by atoms with E-state index in [2.05, 4.69) is 15.9 Å². The van der Waals surface area contributed by atoms with Crippen LogP contribution >= 0.6 is 15.9 Å². The van der Waals surface area contributed by atoms with E-state index < -0.39 is 37.9 Å². The minimum absolute atomic E-state index is 0.0371. The summed E-state index contributed by atoms with van der Waals surface area (Å²) in [5.41, 5.74) is 1.50. The highest BCUT2D eigenvalue weighted by atomic mass is 79.9. The van der Waals surface area contributed by atoms with Crippen molar-refractivity contribution >= 4 is 43.0 Å². The van der Waals surface area contributed by atoms with Crippen molar-refractivity contribution in [2.24, 2.45) is 0 Å². The van der Waals surface area contributed by atoms with E-state index in [9.17, 15) is 17.8 Å². The molecule has 2 aromatic rings. The first-order chi connectivity index (χ1) is 14.1. The van der Waals surface area contributed by atoms with Gasteiger partial charge in [-0.1, -0.05) is 15.9 Å². The number of nitrogens with one attached hydrogen (secondary N) is 1. The largest absolute Gasteiger partial charge is 0.616 e. The smallest absolute Gasteiger partial charge is 0.267 e. The Morgan fingerprint density at radius 1 is 1.20 bits per heavy atom. The van der Waals surface area contributed by atoms with Gasteiger partial charge in [-0.3, -0.25) is 10.0 Å². The topological polar surface area (TPSA) is 119 Å². The summed E-state index contributed by atoms with van der Waals surface area (Å²) >= 11 is 1.90. The maximum atomic E-state index is 13.2. The van der Waals surface area contributed by atoms with E-state index in [1.807, 2.05) is 12.1 Å². The van der Waals surface area contributed by atoms with Gasteiger partial charge in [0.05, 0.1) is 11.4 Å². The Labute approximate surface area is 186 Å². The number of ether oxygens (including phenoxy) is 1. The molecule has 1 saturated heterocycles. The Morgan fingerprint density at radius 2 is 1.73 bits per heavy atom. The van der Waals surface area contributed by atoms with Gasteiger partial charge in [0.1, 0.15) is 22.0 Å². The van der Waals surface area contributed by atoms with Crippen molar-refractivity contribution in [1.82, 2.24) is 9.79 Å². The number of rotatable bonds is 5. The molecule has 2 N–H and O–H groups in total. The molecular formula is C19H21BrN2O6S2. The lowest BCUT2D eigenvalue weighted by Gasteiger charge is -2.44. The molecule has 0 bridgehead atoms. The van der Waals surface area contributed by atoms with Crippen LogP contribution in [-0.4, -0.2) is 51.5 Å². The molecule has 1 amide bonds. The number of hydrogen-bond acceptors (Lipinski definition) is 6. The van der Waals surface area contributed by atoms with E-state index in [0.29, 0.717) is 11.5 Å². The van der Waals surface area contributed by atoms with E-state index in [-0.39, 0.29) is 17.2 Å². The van der Waals surface area contributed by atoms with Crippen LogP contribution < -0.4 is 10.2 Å². The van der Waals surface area contributed by atoms with Crippen LogP contribution in [0.1, 0.15) is 13.8 Å². The summed E-state index contributed by atoms with van der Waals surface area (Å²) in [7, 11) is -4.09. The van der Waals surface area contributed by atoms with Crippen LogP contribution in [0.4, 0.5) is 0 Å². The fraction of sp³-hybridized carbons (Fsp3) is 0.316. The van der Waals surface area contributed by atoms with Gasteiger partial charge in [-0.25, -0.2) is 13.9 Å². The van der Waals surface area contributed by atoms with Crippen LogP contribution in [0.5, 0.6) is 11.5 Å². The molecule has 0 radical (unpaired) electrons. The SMILES string of the molecule is CC1(C)[C@H](C(=O)NO)N(S(=O)(=O)c2ccc(Oc3ccc(Br)cc3)cc2)CC[S+]1[O-]. The zero-order chi connectivity index (χ0) is 22.1. The molecule has 0 aliphatic carbocycles. The first-order valence-electron chi connectivity index (χ1n) is 8.95. The number of amides is 1. The molecule has 1 aliphatic heterocycles.